The lowest BCUT2D eigenvalue weighted by atomic mass is 9.91. The van der Waals surface area contributed by atoms with Gasteiger partial charge >= 0.3 is 0 Å². The van der Waals surface area contributed by atoms with Gasteiger partial charge < -0.3 is 9.88 Å². The number of hydrogen-bond donors (Lipinski definition) is 1. The predicted octanol–water partition coefficient (Wildman–Crippen LogP) is 3.67. The molecule has 1 aromatic heterocycles. The number of likely N-dealkylation sites (tertiary alicyclic amines) is 1. The number of H-pyrrole nitrogens is 1. The molecule has 1 atom stereocenters. The van der Waals surface area contributed by atoms with Crippen LogP contribution in [-0.4, -0.2) is 52.0 Å². The number of rotatable bonds is 5. The topological polar surface area (TPSA) is 35.2 Å². The van der Waals surface area contributed by atoms with Gasteiger partial charge in [-0.2, -0.15) is 0 Å². The van der Waals surface area contributed by atoms with E-state index in [4.69, 9.17) is 4.98 Å². The van der Waals surface area contributed by atoms with E-state index in [9.17, 15) is 0 Å². The zero-order chi connectivity index (χ0) is 17.9. The van der Waals surface area contributed by atoms with Crippen LogP contribution in [0.2, 0.25) is 0 Å². The molecule has 0 aliphatic carbocycles. The Balaban J connectivity index is 1.46. The summed E-state index contributed by atoms with van der Waals surface area (Å²) in [5.41, 5.74) is 4.03. The van der Waals surface area contributed by atoms with E-state index in [1.807, 2.05) is 6.33 Å². The van der Waals surface area contributed by atoms with Gasteiger partial charge in [0.1, 0.15) is 0 Å². The average Bonchev–Trinajstić information content (AvgIpc) is 3.14. The number of aromatic amines is 1. The molecule has 1 aromatic carbocycles. The van der Waals surface area contributed by atoms with E-state index >= 15 is 0 Å². The smallest absolute Gasteiger partial charge is 0.0925 e. The molecular formula is C22H32N4. The number of benzene rings is 1. The number of nitrogens with zero attached hydrogens (tertiary/aromatic N) is 3. The number of hydrogen-bond acceptors (Lipinski definition) is 3. The second-order valence-electron chi connectivity index (χ2n) is 8.29. The van der Waals surface area contributed by atoms with Crippen molar-refractivity contribution in [2.24, 2.45) is 5.92 Å². The maximum Gasteiger partial charge on any atom is 0.0925 e. The second kappa shape index (κ2) is 7.93. The van der Waals surface area contributed by atoms with Gasteiger partial charge in [-0.05, 0) is 57.7 Å². The molecule has 0 bridgehead atoms. The van der Waals surface area contributed by atoms with E-state index in [0.29, 0.717) is 12.1 Å². The van der Waals surface area contributed by atoms with Crippen LogP contribution in [0.3, 0.4) is 0 Å². The number of piperidine rings is 1. The fraction of sp³-hybridized carbons (Fsp3) is 0.591. The van der Waals surface area contributed by atoms with Crippen molar-refractivity contribution in [1.29, 1.82) is 0 Å². The molecule has 0 saturated carbocycles. The van der Waals surface area contributed by atoms with Gasteiger partial charge in [0.25, 0.3) is 0 Å². The van der Waals surface area contributed by atoms with Crippen LogP contribution < -0.4 is 0 Å². The zero-order valence-corrected chi connectivity index (χ0v) is 16.2. The summed E-state index contributed by atoms with van der Waals surface area (Å²) in [5.74, 6) is 0.823. The summed E-state index contributed by atoms with van der Waals surface area (Å²) >= 11 is 0. The molecule has 1 fully saturated rings. The molecule has 4 nitrogen and oxygen atoms in total. The summed E-state index contributed by atoms with van der Waals surface area (Å²) < 4.78 is 0. The Bertz CT molecular complexity index is 685. The van der Waals surface area contributed by atoms with E-state index < -0.39 is 0 Å². The fourth-order valence-corrected chi connectivity index (χ4v) is 4.67. The Morgan fingerprint density at radius 2 is 1.88 bits per heavy atom. The summed E-state index contributed by atoms with van der Waals surface area (Å²) in [5, 5.41) is 0. The van der Waals surface area contributed by atoms with Crippen molar-refractivity contribution in [3.05, 3.63) is 53.6 Å². The molecule has 3 heterocycles. The van der Waals surface area contributed by atoms with Crippen molar-refractivity contribution in [1.82, 2.24) is 19.8 Å². The SMILES string of the molecule is CC(C)N1CCC(CN2CCc3[nH]cnc3[C@@H]2Cc2ccccc2)CC1. The second-order valence-corrected chi connectivity index (χ2v) is 8.29. The highest BCUT2D eigenvalue weighted by atomic mass is 15.2. The van der Waals surface area contributed by atoms with Crippen LogP contribution >= 0.6 is 0 Å². The molecule has 2 aliphatic rings. The van der Waals surface area contributed by atoms with Crippen LogP contribution in [0.4, 0.5) is 0 Å². The summed E-state index contributed by atoms with van der Waals surface area (Å²) in [6.45, 7) is 9.52. The van der Waals surface area contributed by atoms with Crippen molar-refractivity contribution in [3.63, 3.8) is 0 Å². The van der Waals surface area contributed by atoms with Gasteiger partial charge in [0.15, 0.2) is 0 Å². The molecule has 1 saturated heterocycles. The normalized spacial score (nSPS) is 22.7. The van der Waals surface area contributed by atoms with E-state index in [0.717, 1.165) is 25.3 Å². The van der Waals surface area contributed by atoms with Crippen molar-refractivity contribution in [2.45, 2.75) is 51.6 Å². The zero-order valence-electron chi connectivity index (χ0n) is 16.2. The maximum atomic E-state index is 4.71. The summed E-state index contributed by atoms with van der Waals surface area (Å²) in [4.78, 5) is 13.4. The Labute approximate surface area is 157 Å². The molecule has 0 radical (unpaired) electrons. The van der Waals surface area contributed by atoms with Crippen LogP contribution in [-0.2, 0) is 12.8 Å². The van der Waals surface area contributed by atoms with E-state index in [2.05, 4.69) is 59.0 Å². The van der Waals surface area contributed by atoms with Crippen LogP contribution in [0.5, 0.6) is 0 Å². The van der Waals surface area contributed by atoms with Crippen LogP contribution in [0, 0.1) is 5.92 Å². The van der Waals surface area contributed by atoms with Gasteiger partial charge in [0.2, 0.25) is 0 Å². The molecule has 4 rings (SSSR count). The van der Waals surface area contributed by atoms with E-state index in [-0.39, 0.29) is 0 Å². The minimum Gasteiger partial charge on any atom is -0.348 e. The standard InChI is InChI=1S/C22H32N4/c1-17(2)25-11-8-19(9-12-25)15-26-13-10-20-22(24-16-23-20)21(26)14-18-6-4-3-5-7-18/h3-7,16-17,19,21H,8-15H2,1-2H3,(H,23,24)/t21-/m0/s1. The first-order valence-electron chi connectivity index (χ1n) is 10.2. The first-order chi connectivity index (χ1) is 12.7. The summed E-state index contributed by atoms with van der Waals surface area (Å²) in [6.07, 6.45) is 6.71. The minimum absolute atomic E-state index is 0.413. The molecule has 2 aromatic rings. The van der Waals surface area contributed by atoms with E-state index in [1.54, 1.807) is 0 Å². The average molecular weight is 353 g/mol. The monoisotopic (exact) mass is 352 g/mol. The van der Waals surface area contributed by atoms with Crippen LogP contribution in [0.15, 0.2) is 36.7 Å². The Kier molecular flexibility index (Phi) is 5.41. The third kappa shape index (κ3) is 3.86. The number of aromatic nitrogens is 2. The third-order valence-electron chi connectivity index (χ3n) is 6.30. The third-order valence-corrected chi connectivity index (χ3v) is 6.30. The Hall–Kier alpha value is -1.65. The highest BCUT2D eigenvalue weighted by Crippen LogP contribution is 2.32. The maximum absolute atomic E-state index is 4.71. The molecule has 0 unspecified atom stereocenters. The van der Waals surface area contributed by atoms with Crippen molar-refractivity contribution < 1.29 is 0 Å². The summed E-state index contributed by atoms with van der Waals surface area (Å²) in [6, 6.07) is 12.0. The lowest BCUT2D eigenvalue weighted by Gasteiger charge is -2.40. The van der Waals surface area contributed by atoms with Gasteiger partial charge in [-0.1, -0.05) is 30.3 Å². The lowest BCUT2D eigenvalue weighted by molar-refractivity contribution is 0.0965. The Morgan fingerprint density at radius 3 is 2.62 bits per heavy atom. The molecular weight excluding hydrogens is 320 g/mol. The van der Waals surface area contributed by atoms with Gasteiger partial charge in [-0.15, -0.1) is 0 Å². The minimum atomic E-state index is 0.413. The first kappa shape index (κ1) is 17.7. The molecule has 0 amide bonds. The quantitative estimate of drug-likeness (QED) is 0.892. The van der Waals surface area contributed by atoms with Crippen LogP contribution in [0.1, 0.15) is 49.7 Å². The largest absolute Gasteiger partial charge is 0.348 e. The molecule has 2 aliphatic heterocycles. The van der Waals surface area contributed by atoms with E-state index in [1.165, 1.54) is 49.4 Å². The molecule has 26 heavy (non-hydrogen) atoms. The van der Waals surface area contributed by atoms with Crippen molar-refractivity contribution in [3.8, 4) is 0 Å². The lowest BCUT2D eigenvalue weighted by Crippen LogP contribution is -2.44. The Morgan fingerprint density at radius 1 is 1.12 bits per heavy atom. The van der Waals surface area contributed by atoms with Crippen molar-refractivity contribution >= 4 is 0 Å². The molecule has 1 N–H and O–H groups in total. The number of fused-ring (bicyclic) bond motifs is 1. The predicted molar refractivity (Wildman–Crippen MR) is 106 cm³/mol. The van der Waals surface area contributed by atoms with Crippen LogP contribution in [0.25, 0.3) is 0 Å². The number of imidazole rings is 1. The van der Waals surface area contributed by atoms with Gasteiger partial charge in [0.05, 0.1) is 18.1 Å². The molecule has 140 valence electrons. The highest BCUT2D eigenvalue weighted by Gasteiger charge is 2.32. The van der Waals surface area contributed by atoms with Gasteiger partial charge in [-0.3, -0.25) is 4.90 Å². The molecule has 0 spiro atoms. The first-order valence-corrected chi connectivity index (χ1v) is 10.2. The summed E-state index contributed by atoms with van der Waals surface area (Å²) in [7, 11) is 0. The van der Waals surface area contributed by atoms with Gasteiger partial charge in [0, 0.05) is 31.2 Å². The van der Waals surface area contributed by atoms with Crippen molar-refractivity contribution in [2.75, 3.05) is 26.2 Å². The fourth-order valence-electron chi connectivity index (χ4n) is 4.67. The number of nitrogens with one attached hydrogen (secondary N) is 1. The van der Waals surface area contributed by atoms with Gasteiger partial charge in [-0.25, -0.2) is 4.98 Å². The highest BCUT2D eigenvalue weighted by molar-refractivity contribution is 5.24. The molecule has 4 heteroatoms.